The minimum atomic E-state index is -0.404. The molecule has 0 fully saturated rings. The first-order valence-corrected chi connectivity index (χ1v) is 4.86. The first kappa shape index (κ1) is 10.3. The van der Waals surface area contributed by atoms with E-state index in [4.69, 9.17) is 29.0 Å². The van der Waals surface area contributed by atoms with Crippen LogP contribution < -0.4 is 11.3 Å². The molecule has 0 aliphatic carbocycles. The van der Waals surface area contributed by atoms with Gasteiger partial charge >= 0.3 is 0 Å². The lowest BCUT2D eigenvalue weighted by Crippen LogP contribution is -2.30. The number of carbonyl (C=O) groups is 1. The van der Waals surface area contributed by atoms with Crippen molar-refractivity contribution >= 4 is 40.0 Å². The van der Waals surface area contributed by atoms with Gasteiger partial charge in [-0.2, -0.15) is 0 Å². The van der Waals surface area contributed by atoms with Crippen LogP contribution in [0.2, 0.25) is 10.0 Å². The lowest BCUT2D eigenvalue weighted by Gasteiger charge is -1.94. The van der Waals surface area contributed by atoms with Crippen molar-refractivity contribution in [2.24, 2.45) is 5.84 Å². The van der Waals surface area contributed by atoms with E-state index >= 15 is 0 Å². The maximum absolute atomic E-state index is 11.2. The number of H-pyrrole nitrogens is 1. The number of halogens is 2. The summed E-state index contributed by atoms with van der Waals surface area (Å²) in [7, 11) is 0. The number of nitrogens with one attached hydrogen (secondary N) is 2. The van der Waals surface area contributed by atoms with Crippen LogP contribution in [0.25, 0.3) is 10.9 Å². The van der Waals surface area contributed by atoms with Gasteiger partial charge < -0.3 is 4.98 Å². The van der Waals surface area contributed by atoms with Crippen LogP contribution in [-0.2, 0) is 0 Å². The molecule has 1 heterocycles. The minimum Gasteiger partial charge on any atom is -0.350 e. The van der Waals surface area contributed by atoms with Crippen molar-refractivity contribution in [3.63, 3.8) is 0 Å². The van der Waals surface area contributed by atoms with Crippen LogP contribution >= 0.6 is 23.2 Å². The van der Waals surface area contributed by atoms with Crippen LogP contribution in [0.1, 0.15) is 10.5 Å². The Balaban J connectivity index is 2.65. The maximum Gasteiger partial charge on any atom is 0.281 e. The van der Waals surface area contributed by atoms with Gasteiger partial charge in [0.05, 0.1) is 5.02 Å². The second kappa shape index (κ2) is 3.73. The van der Waals surface area contributed by atoms with Gasteiger partial charge in [0.1, 0.15) is 5.69 Å². The van der Waals surface area contributed by atoms with Crippen molar-refractivity contribution in [1.29, 1.82) is 0 Å². The highest BCUT2D eigenvalue weighted by molar-refractivity contribution is 6.38. The minimum absolute atomic E-state index is 0.344. The molecular formula is C9H7Cl2N3O. The molecule has 1 amide bonds. The molecule has 0 saturated heterocycles. The third kappa shape index (κ3) is 1.79. The van der Waals surface area contributed by atoms with Gasteiger partial charge in [-0.3, -0.25) is 10.2 Å². The van der Waals surface area contributed by atoms with Crippen molar-refractivity contribution < 1.29 is 4.79 Å². The summed E-state index contributed by atoms with van der Waals surface area (Å²) in [5.41, 5.74) is 3.07. The van der Waals surface area contributed by atoms with Gasteiger partial charge in [-0.15, -0.1) is 0 Å². The molecule has 0 bridgehead atoms. The number of nitrogens with two attached hydrogens (primary N) is 1. The fourth-order valence-electron chi connectivity index (χ4n) is 1.36. The lowest BCUT2D eigenvalue weighted by atomic mass is 10.2. The summed E-state index contributed by atoms with van der Waals surface area (Å²) < 4.78 is 0. The van der Waals surface area contributed by atoms with Gasteiger partial charge in [0.25, 0.3) is 5.91 Å². The Kier molecular flexibility index (Phi) is 2.56. The Labute approximate surface area is 95.3 Å². The van der Waals surface area contributed by atoms with E-state index in [2.05, 4.69) is 4.98 Å². The molecule has 4 nitrogen and oxygen atoms in total. The summed E-state index contributed by atoms with van der Waals surface area (Å²) in [4.78, 5) is 14.1. The standard InChI is InChI=1S/C9H7Cl2N3O/c10-4-1-6(11)5-3-8(9(15)14-12)13-7(5)2-4/h1-3,13H,12H2,(H,14,15). The average Bonchev–Trinajstić information content (AvgIpc) is 2.60. The summed E-state index contributed by atoms with van der Waals surface area (Å²) in [5, 5.41) is 1.73. The molecule has 0 atom stereocenters. The molecule has 2 rings (SSSR count). The number of aromatic amines is 1. The second-order valence-electron chi connectivity index (χ2n) is 3.01. The lowest BCUT2D eigenvalue weighted by molar-refractivity contribution is 0.0949. The van der Waals surface area contributed by atoms with E-state index in [0.29, 0.717) is 21.3 Å². The van der Waals surface area contributed by atoms with E-state index in [1.165, 1.54) is 0 Å². The Morgan fingerprint density at radius 3 is 2.73 bits per heavy atom. The Hall–Kier alpha value is -1.23. The first-order chi connectivity index (χ1) is 7.11. The van der Waals surface area contributed by atoms with Crippen molar-refractivity contribution in [1.82, 2.24) is 10.4 Å². The summed E-state index contributed by atoms with van der Waals surface area (Å²) in [6.45, 7) is 0. The number of amides is 1. The van der Waals surface area contributed by atoms with Crippen LogP contribution in [0.5, 0.6) is 0 Å². The van der Waals surface area contributed by atoms with Crippen molar-refractivity contribution in [3.05, 3.63) is 33.9 Å². The monoisotopic (exact) mass is 243 g/mol. The van der Waals surface area contributed by atoms with Gasteiger partial charge in [-0.05, 0) is 18.2 Å². The summed E-state index contributed by atoms with van der Waals surface area (Å²) >= 11 is 11.8. The molecule has 1 aromatic heterocycles. The number of nitrogen functional groups attached to an aromatic ring is 1. The topological polar surface area (TPSA) is 70.9 Å². The number of aromatic nitrogens is 1. The van der Waals surface area contributed by atoms with Crippen molar-refractivity contribution in [2.75, 3.05) is 0 Å². The van der Waals surface area contributed by atoms with Crippen molar-refractivity contribution in [2.45, 2.75) is 0 Å². The largest absolute Gasteiger partial charge is 0.350 e. The van der Waals surface area contributed by atoms with Gasteiger partial charge in [0, 0.05) is 15.9 Å². The van der Waals surface area contributed by atoms with Gasteiger partial charge in [-0.25, -0.2) is 5.84 Å². The van der Waals surface area contributed by atoms with Crippen LogP contribution in [0, 0.1) is 0 Å². The van der Waals surface area contributed by atoms with Crippen LogP contribution in [0.15, 0.2) is 18.2 Å². The highest BCUT2D eigenvalue weighted by Crippen LogP contribution is 2.28. The summed E-state index contributed by atoms with van der Waals surface area (Å²) in [6.07, 6.45) is 0. The molecule has 0 aliphatic heterocycles. The fourth-order valence-corrected chi connectivity index (χ4v) is 1.91. The molecule has 0 spiro atoms. The number of carbonyl (C=O) groups excluding carboxylic acids is 1. The molecule has 78 valence electrons. The molecule has 4 N–H and O–H groups in total. The smallest absolute Gasteiger partial charge is 0.281 e. The number of hydrogen-bond acceptors (Lipinski definition) is 2. The maximum atomic E-state index is 11.2. The third-order valence-electron chi connectivity index (χ3n) is 2.03. The van der Waals surface area contributed by atoms with Gasteiger partial charge in [0.15, 0.2) is 0 Å². The average molecular weight is 244 g/mol. The highest BCUT2D eigenvalue weighted by Gasteiger charge is 2.10. The Bertz CT molecular complexity index is 535. The molecule has 0 unspecified atom stereocenters. The number of hydrogen-bond donors (Lipinski definition) is 3. The second-order valence-corrected chi connectivity index (χ2v) is 3.85. The van der Waals surface area contributed by atoms with E-state index in [0.717, 1.165) is 5.39 Å². The number of rotatable bonds is 1. The fraction of sp³-hybridized carbons (Fsp3) is 0. The highest BCUT2D eigenvalue weighted by atomic mass is 35.5. The van der Waals surface area contributed by atoms with Crippen molar-refractivity contribution in [3.8, 4) is 0 Å². The quantitative estimate of drug-likeness (QED) is 0.408. The zero-order chi connectivity index (χ0) is 11.0. The number of hydrazine groups is 1. The molecule has 15 heavy (non-hydrogen) atoms. The molecule has 6 heteroatoms. The Morgan fingerprint density at radius 1 is 1.33 bits per heavy atom. The third-order valence-corrected chi connectivity index (χ3v) is 2.56. The zero-order valence-corrected chi connectivity index (χ0v) is 8.99. The number of benzene rings is 1. The molecule has 0 saturated carbocycles. The SMILES string of the molecule is NNC(=O)c1cc2c(Cl)cc(Cl)cc2[nH]1. The van der Waals surface area contributed by atoms with Gasteiger partial charge in [0.2, 0.25) is 0 Å². The molecule has 0 radical (unpaired) electrons. The molecule has 0 aliphatic rings. The normalized spacial score (nSPS) is 10.6. The first-order valence-electron chi connectivity index (χ1n) is 4.10. The van der Waals surface area contributed by atoms with E-state index in [1.807, 2.05) is 5.43 Å². The zero-order valence-electron chi connectivity index (χ0n) is 7.47. The summed E-state index contributed by atoms with van der Waals surface area (Å²) in [5.74, 6) is 4.61. The van der Waals surface area contributed by atoms with E-state index in [9.17, 15) is 4.79 Å². The van der Waals surface area contributed by atoms with Gasteiger partial charge in [-0.1, -0.05) is 23.2 Å². The van der Waals surface area contributed by atoms with E-state index in [-0.39, 0.29) is 0 Å². The summed E-state index contributed by atoms with van der Waals surface area (Å²) in [6, 6.07) is 4.93. The number of fused-ring (bicyclic) bond motifs is 1. The van der Waals surface area contributed by atoms with Crippen LogP contribution in [-0.4, -0.2) is 10.9 Å². The predicted molar refractivity (Wildman–Crippen MR) is 60.0 cm³/mol. The van der Waals surface area contributed by atoms with E-state index in [1.54, 1.807) is 18.2 Å². The molecule has 1 aromatic carbocycles. The molecular weight excluding hydrogens is 237 g/mol. The van der Waals surface area contributed by atoms with Crippen LogP contribution in [0.4, 0.5) is 0 Å². The molecule has 2 aromatic rings. The van der Waals surface area contributed by atoms with Crippen LogP contribution in [0.3, 0.4) is 0 Å². The van der Waals surface area contributed by atoms with E-state index < -0.39 is 5.91 Å². The predicted octanol–water partition coefficient (Wildman–Crippen LogP) is 2.08. The Morgan fingerprint density at radius 2 is 2.07 bits per heavy atom.